The molecule has 19 heavy (non-hydrogen) atoms. The van der Waals surface area contributed by atoms with Crippen molar-refractivity contribution in [2.45, 2.75) is 24.2 Å². The number of rotatable bonds is 6. The molecule has 4 nitrogen and oxygen atoms in total. The van der Waals surface area contributed by atoms with Crippen LogP contribution in [0.1, 0.15) is 19.3 Å². The number of nitrogens with one attached hydrogen (secondary N) is 1. The third kappa shape index (κ3) is 4.56. The van der Waals surface area contributed by atoms with Crippen LogP contribution in [-0.4, -0.2) is 39.5 Å². The first kappa shape index (κ1) is 15.0. The van der Waals surface area contributed by atoms with Crippen LogP contribution in [0.25, 0.3) is 0 Å². The Hall–Kier alpha value is -0.430. The van der Waals surface area contributed by atoms with Crippen LogP contribution in [0.5, 0.6) is 0 Å². The molecule has 0 unspecified atom stereocenters. The molecule has 1 saturated heterocycles. The van der Waals surface area contributed by atoms with Crippen molar-refractivity contribution in [3.8, 4) is 0 Å². The summed E-state index contributed by atoms with van der Waals surface area (Å²) in [4.78, 5) is 2.69. The number of halogens is 1. The third-order valence-electron chi connectivity index (χ3n) is 3.25. The van der Waals surface area contributed by atoms with E-state index < -0.39 is 10.0 Å². The molecule has 0 bridgehead atoms. The largest absolute Gasteiger partial charge is 0.303 e. The second-order valence-corrected chi connectivity index (χ2v) is 7.44. The second-order valence-electron chi connectivity index (χ2n) is 4.76. The van der Waals surface area contributed by atoms with Crippen LogP contribution in [0.2, 0.25) is 0 Å². The Labute approximate surface area is 123 Å². The monoisotopic (exact) mass is 346 g/mol. The van der Waals surface area contributed by atoms with Crippen LogP contribution in [-0.2, 0) is 10.0 Å². The van der Waals surface area contributed by atoms with Gasteiger partial charge in [0.15, 0.2) is 0 Å². The van der Waals surface area contributed by atoms with Crippen molar-refractivity contribution in [3.63, 3.8) is 0 Å². The topological polar surface area (TPSA) is 49.4 Å². The van der Waals surface area contributed by atoms with E-state index in [-0.39, 0.29) is 0 Å². The number of sulfonamides is 1. The predicted molar refractivity (Wildman–Crippen MR) is 79.6 cm³/mol. The molecule has 0 saturated carbocycles. The molecule has 1 heterocycles. The summed E-state index contributed by atoms with van der Waals surface area (Å²) < 4.78 is 27.5. The van der Waals surface area contributed by atoms with E-state index in [4.69, 9.17) is 0 Å². The molecule has 0 aliphatic carbocycles. The number of hydrogen-bond donors (Lipinski definition) is 1. The lowest BCUT2D eigenvalue weighted by atomic mass is 10.4. The minimum Gasteiger partial charge on any atom is -0.303 e. The number of hydrogen-bond acceptors (Lipinski definition) is 3. The van der Waals surface area contributed by atoms with Crippen LogP contribution >= 0.6 is 15.9 Å². The van der Waals surface area contributed by atoms with E-state index in [9.17, 15) is 8.42 Å². The quantitative estimate of drug-likeness (QED) is 0.803. The van der Waals surface area contributed by atoms with E-state index in [0.29, 0.717) is 11.4 Å². The Bertz CT molecular complexity index is 513. The minimum atomic E-state index is -3.38. The molecule has 6 heteroatoms. The fraction of sp³-hybridized carbons (Fsp3) is 0.538. The average molecular weight is 347 g/mol. The van der Waals surface area contributed by atoms with Crippen molar-refractivity contribution < 1.29 is 8.42 Å². The van der Waals surface area contributed by atoms with Gasteiger partial charge >= 0.3 is 0 Å². The summed E-state index contributed by atoms with van der Waals surface area (Å²) >= 11 is 3.28. The van der Waals surface area contributed by atoms with Gasteiger partial charge in [-0.25, -0.2) is 13.1 Å². The molecule has 1 aromatic rings. The number of likely N-dealkylation sites (tertiary alicyclic amines) is 1. The first-order chi connectivity index (χ1) is 9.08. The zero-order valence-corrected chi connectivity index (χ0v) is 13.2. The molecule has 106 valence electrons. The molecule has 0 amide bonds. The van der Waals surface area contributed by atoms with Crippen LogP contribution in [0.15, 0.2) is 33.6 Å². The number of benzene rings is 1. The first-order valence-electron chi connectivity index (χ1n) is 6.55. The van der Waals surface area contributed by atoms with E-state index in [0.717, 1.165) is 30.5 Å². The van der Waals surface area contributed by atoms with Gasteiger partial charge in [0.05, 0.1) is 4.90 Å². The van der Waals surface area contributed by atoms with Crippen molar-refractivity contribution in [1.29, 1.82) is 0 Å². The van der Waals surface area contributed by atoms with Crippen molar-refractivity contribution in [2.24, 2.45) is 0 Å². The molecule has 1 aliphatic rings. The van der Waals surface area contributed by atoms with Gasteiger partial charge in [0.25, 0.3) is 0 Å². The second kappa shape index (κ2) is 6.83. The Morgan fingerprint density at radius 1 is 1.26 bits per heavy atom. The molecule has 0 radical (unpaired) electrons. The molecule has 0 spiro atoms. The molecule has 1 N–H and O–H groups in total. The number of nitrogens with zero attached hydrogens (tertiary/aromatic N) is 1. The van der Waals surface area contributed by atoms with Gasteiger partial charge in [-0.05, 0) is 57.1 Å². The van der Waals surface area contributed by atoms with Gasteiger partial charge in [0, 0.05) is 11.0 Å². The van der Waals surface area contributed by atoms with Crippen LogP contribution in [0.3, 0.4) is 0 Å². The molecular formula is C13H19BrN2O2S. The first-order valence-corrected chi connectivity index (χ1v) is 8.83. The molecule has 1 aromatic carbocycles. The summed E-state index contributed by atoms with van der Waals surface area (Å²) in [5, 5.41) is 0. The van der Waals surface area contributed by atoms with Gasteiger partial charge in [-0.3, -0.25) is 0 Å². The van der Waals surface area contributed by atoms with Crippen molar-refractivity contribution >= 4 is 26.0 Å². The molecular weight excluding hydrogens is 328 g/mol. The zero-order valence-electron chi connectivity index (χ0n) is 10.8. The summed E-state index contributed by atoms with van der Waals surface area (Å²) in [5.74, 6) is 0. The van der Waals surface area contributed by atoms with Gasteiger partial charge in [0.2, 0.25) is 10.0 Å². The molecule has 2 rings (SSSR count). The SMILES string of the molecule is O=S(=O)(NCCCN1CCCC1)c1cccc(Br)c1. The summed E-state index contributed by atoms with van der Waals surface area (Å²) in [6, 6.07) is 6.76. The van der Waals surface area contributed by atoms with E-state index in [1.54, 1.807) is 18.2 Å². The van der Waals surface area contributed by atoms with E-state index in [1.165, 1.54) is 12.8 Å². The van der Waals surface area contributed by atoms with Crippen LogP contribution < -0.4 is 4.72 Å². The Balaban J connectivity index is 1.80. The van der Waals surface area contributed by atoms with E-state index in [2.05, 4.69) is 25.6 Å². The molecule has 0 aromatic heterocycles. The molecule has 0 atom stereocenters. The Morgan fingerprint density at radius 3 is 2.68 bits per heavy atom. The van der Waals surface area contributed by atoms with Gasteiger partial charge < -0.3 is 4.90 Å². The fourth-order valence-corrected chi connectivity index (χ4v) is 3.90. The highest BCUT2D eigenvalue weighted by Crippen LogP contribution is 2.15. The molecule has 1 fully saturated rings. The predicted octanol–water partition coefficient (Wildman–Crippen LogP) is 2.21. The van der Waals surface area contributed by atoms with Gasteiger partial charge in [-0.2, -0.15) is 0 Å². The lowest BCUT2D eigenvalue weighted by molar-refractivity contribution is 0.334. The standard InChI is InChI=1S/C13H19BrN2O2S/c14-12-5-3-6-13(11-12)19(17,18)15-7-4-10-16-8-1-2-9-16/h3,5-6,11,15H,1-2,4,7-10H2. The average Bonchev–Trinajstić information content (AvgIpc) is 2.88. The maximum absolute atomic E-state index is 12.0. The Morgan fingerprint density at radius 2 is 2.00 bits per heavy atom. The summed E-state index contributed by atoms with van der Waals surface area (Å²) in [7, 11) is -3.38. The third-order valence-corrected chi connectivity index (χ3v) is 5.20. The van der Waals surface area contributed by atoms with Crippen molar-refractivity contribution in [1.82, 2.24) is 9.62 Å². The van der Waals surface area contributed by atoms with Crippen LogP contribution in [0, 0.1) is 0 Å². The summed E-state index contributed by atoms with van der Waals surface area (Å²) in [6.07, 6.45) is 3.39. The maximum Gasteiger partial charge on any atom is 0.240 e. The highest BCUT2D eigenvalue weighted by atomic mass is 79.9. The van der Waals surface area contributed by atoms with E-state index >= 15 is 0 Å². The van der Waals surface area contributed by atoms with Gasteiger partial charge in [-0.1, -0.05) is 22.0 Å². The van der Waals surface area contributed by atoms with Gasteiger partial charge in [0.1, 0.15) is 0 Å². The fourth-order valence-electron chi connectivity index (χ4n) is 2.23. The summed E-state index contributed by atoms with van der Waals surface area (Å²) in [5.41, 5.74) is 0. The van der Waals surface area contributed by atoms with E-state index in [1.807, 2.05) is 6.07 Å². The smallest absolute Gasteiger partial charge is 0.240 e. The zero-order chi connectivity index (χ0) is 13.7. The van der Waals surface area contributed by atoms with Crippen LogP contribution in [0.4, 0.5) is 0 Å². The highest BCUT2D eigenvalue weighted by molar-refractivity contribution is 9.10. The van der Waals surface area contributed by atoms with Crippen molar-refractivity contribution in [2.75, 3.05) is 26.2 Å². The maximum atomic E-state index is 12.0. The normalized spacial score (nSPS) is 16.9. The van der Waals surface area contributed by atoms with Gasteiger partial charge in [-0.15, -0.1) is 0 Å². The lowest BCUT2D eigenvalue weighted by Crippen LogP contribution is -2.28. The highest BCUT2D eigenvalue weighted by Gasteiger charge is 2.14. The summed E-state index contributed by atoms with van der Waals surface area (Å²) in [6.45, 7) is 3.77. The molecule has 1 aliphatic heterocycles. The minimum absolute atomic E-state index is 0.308. The lowest BCUT2D eigenvalue weighted by Gasteiger charge is -2.14. The Kier molecular flexibility index (Phi) is 5.38. The van der Waals surface area contributed by atoms with Crippen molar-refractivity contribution in [3.05, 3.63) is 28.7 Å².